The van der Waals surface area contributed by atoms with E-state index in [1.54, 1.807) is 4.90 Å². The predicted molar refractivity (Wildman–Crippen MR) is 75.0 cm³/mol. The normalized spacial score (nSPS) is 22.6. The van der Waals surface area contributed by atoms with Gasteiger partial charge >= 0.3 is 0 Å². The SMILES string of the molecule is CC(C)[C@@H](N)C(=O)N1CCCC(CNS(C)(=O)=O)C1. The highest BCUT2D eigenvalue weighted by Gasteiger charge is 2.28. The lowest BCUT2D eigenvalue weighted by atomic mass is 9.96. The van der Waals surface area contributed by atoms with Crippen LogP contribution < -0.4 is 10.5 Å². The summed E-state index contributed by atoms with van der Waals surface area (Å²) in [5.74, 6) is 0.257. The molecular weight excluding hydrogens is 266 g/mol. The fraction of sp³-hybridized carbons (Fsp3) is 0.917. The van der Waals surface area contributed by atoms with Crippen LogP contribution in [0.3, 0.4) is 0 Å². The van der Waals surface area contributed by atoms with E-state index in [0.717, 1.165) is 19.1 Å². The van der Waals surface area contributed by atoms with Crippen LogP contribution in [0.5, 0.6) is 0 Å². The van der Waals surface area contributed by atoms with Crippen LogP contribution in [0.2, 0.25) is 0 Å². The molecule has 0 aromatic heterocycles. The molecule has 7 heteroatoms. The van der Waals surface area contributed by atoms with E-state index < -0.39 is 16.1 Å². The zero-order valence-electron chi connectivity index (χ0n) is 11.9. The predicted octanol–water partition coefficient (Wildman–Crippen LogP) is -0.242. The zero-order chi connectivity index (χ0) is 14.6. The Morgan fingerprint density at radius 3 is 2.63 bits per heavy atom. The van der Waals surface area contributed by atoms with Crippen molar-refractivity contribution in [2.75, 3.05) is 25.9 Å². The Morgan fingerprint density at radius 2 is 2.11 bits per heavy atom. The number of nitrogens with zero attached hydrogens (tertiary/aromatic N) is 1. The van der Waals surface area contributed by atoms with Crippen molar-refractivity contribution in [3.63, 3.8) is 0 Å². The standard InChI is InChI=1S/C12H25N3O3S/c1-9(2)11(13)12(16)15-6-4-5-10(8-15)7-14-19(3,17)18/h9-11,14H,4-8,13H2,1-3H3/t10?,11-/m1/s1. The molecule has 1 heterocycles. The second-order valence-electron chi connectivity index (χ2n) is 5.68. The van der Waals surface area contributed by atoms with Crippen molar-refractivity contribution < 1.29 is 13.2 Å². The molecule has 112 valence electrons. The van der Waals surface area contributed by atoms with E-state index in [9.17, 15) is 13.2 Å². The van der Waals surface area contributed by atoms with Crippen molar-refractivity contribution in [2.45, 2.75) is 32.7 Å². The van der Waals surface area contributed by atoms with Crippen molar-refractivity contribution in [3.8, 4) is 0 Å². The van der Waals surface area contributed by atoms with Crippen LogP contribution in [0.25, 0.3) is 0 Å². The number of likely N-dealkylation sites (tertiary alicyclic amines) is 1. The highest BCUT2D eigenvalue weighted by atomic mass is 32.2. The highest BCUT2D eigenvalue weighted by molar-refractivity contribution is 7.88. The van der Waals surface area contributed by atoms with Gasteiger partial charge in [-0.25, -0.2) is 13.1 Å². The van der Waals surface area contributed by atoms with E-state index in [-0.39, 0.29) is 17.7 Å². The molecule has 0 saturated carbocycles. The molecule has 1 rings (SSSR count). The summed E-state index contributed by atoms with van der Waals surface area (Å²) < 4.78 is 24.7. The zero-order valence-corrected chi connectivity index (χ0v) is 12.7. The number of amides is 1. The number of carbonyl (C=O) groups is 1. The van der Waals surface area contributed by atoms with Crippen molar-refractivity contribution >= 4 is 15.9 Å². The average molecular weight is 291 g/mol. The maximum Gasteiger partial charge on any atom is 0.239 e. The van der Waals surface area contributed by atoms with Crippen LogP contribution in [0, 0.1) is 11.8 Å². The Kier molecular flexibility index (Phi) is 5.76. The van der Waals surface area contributed by atoms with E-state index >= 15 is 0 Å². The number of nitrogens with two attached hydrogens (primary N) is 1. The summed E-state index contributed by atoms with van der Waals surface area (Å²) in [6.45, 7) is 5.54. The summed E-state index contributed by atoms with van der Waals surface area (Å²) in [6.07, 6.45) is 2.98. The summed E-state index contributed by atoms with van der Waals surface area (Å²) >= 11 is 0. The van der Waals surface area contributed by atoms with Gasteiger partial charge in [0.05, 0.1) is 12.3 Å². The molecular formula is C12H25N3O3S. The number of sulfonamides is 1. The Bertz CT molecular complexity index is 408. The van der Waals surface area contributed by atoms with E-state index in [0.29, 0.717) is 19.6 Å². The molecule has 2 atom stereocenters. The molecule has 0 radical (unpaired) electrons. The molecule has 19 heavy (non-hydrogen) atoms. The third kappa shape index (κ3) is 5.46. The van der Waals surface area contributed by atoms with E-state index in [1.807, 2.05) is 13.8 Å². The van der Waals surface area contributed by atoms with Crippen LogP contribution in [-0.4, -0.2) is 51.2 Å². The first-order chi connectivity index (χ1) is 8.70. The lowest BCUT2D eigenvalue weighted by Gasteiger charge is -2.35. The highest BCUT2D eigenvalue weighted by Crippen LogP contribution is 2.17. The third-order valence-electron chi connectivity index (χ3n) is 3.47. The fourth-order valence-corrected chi connectivity index (χ4v) is 2.74. The number of nitrogens with one attached hydrogen (secondary N) is 1. The van der Waals surface area contributed by atoms with Gasteiger partial charge in [-0.3, -0.25) is 4.79 Å². The second kappa shape index (κ2) is 6.67. The van der Waals surface area contributed by atoms with Crippen molar-refractivity contribution in [3.05, 3.63) is 0 Å². The average Bonchev–Trinajstić information content (AvgIpc) is 2.34. The van der Waals surface area contributed by atoms with E-state index in [1.165, 1.54) is 0 Å². The van der Waals surface area contributed by atoms with Crippen molar-refractivity contribution in [2.24, 2.45) is 17.6 Å². The Hall–Kier alpha value is -0.660. The first-order valence-electron chi connectivity index (χ1n) is 6.69. The molecule has 0 aliphatic carbocycles. The lowest BCUT2D eigenvalue weighted by molar-refractivity contribution is -0.135. The molecule has 3 N–H and O–H groups in total. The van der Waals surface area contributed by atoms with Crippen LogP contribution in [-0.2, 0) is 14.8 Å². The van der Waals surface area contributed by atoms with Gasteiger partial charge in [-0.2, -0.15) is 0 Å². The second-order valence-corrected chi connectivity index (χ2v) is 7.52. The van der Waals surface area contributed by atoms with Crippen LogP contribution in [0.4, 0.5) is 0 Å². The molecule has 0 aromatic rings. The van der Waals surface area contributed by atoms with Gasteiger partial charge in [-0.1, -0.05) is 13.8 Å². The van der Waals surface area contributed by atoms with Crippen LogP contribution in [0.1, 0.15) is 26.7 Å². The van der Waals surface area contributed by atoms with Crippen molar-refractivity contribution in [1.29, 1.82) is 0 Å². The van der Waals surface area contributed by atoms with Crippen molar-refractivity contribution in [1.82, 2.24) is 9.62 Å². The quantitative estimate of drug-likeness (QED) is 0.731. The van der Waals surface area contributed by atoms with E-state index in [2.05, 4.69) is 4.72 Å². The first kappa shape index (κ1) is 16.4. The summed E-state index contributed by atoms with van der Waals surface area (Å²) in [4.78, 5) is 13.9. The Morgan fingerprint density at radius 1 is 1.47 bits per heavy atom. The molecule has 6 nitrogen and oxygen atoms in total. The minimum absolute atomic E-state index is 0.0287. The van der Waals surface area contributed by atoms with Gasteiger partial charge in [0.1, 0.15) is 0 Å². The molecule has 1 saturated heterocycles. The topological polar surface area (TPSA) is 92.5 Å². The number of hydrogen-bond acceptors (Lipinski definition) is 4. The smallest absolute Gasteiger partial charge is 0.239 e. The summed E-state index contributed by atoms with van der Waals surface area (Å²) in [7, 11) is -3.17. The molecule has 1 aliphatic heterocycles. The third-order valence-corrected chi connectivity index (χ3v) is 4.16. The summed E-state index contributed by atoms with van der Waals surface area (Å²) in [6, 6.07) is -0.471. The molecule has 0 bridgehead atoms. The Labute approximate surface area is 115 Å². The largest absolute Gasteiger partial charge is 0.341 e. The molecule has 1 fully saturated rings. The number of carbonyl (C=O) groups excluding carboxylic acids is 1. The minimum atomic E-state index is -3.17. The molecule has 0 aromatic carbocycles. The van der Waals surface area contributed by atoms with Gasteiger partial charge in [0.2, 0.25) is 15.9 Å². The van der Waals surface area contributed by atoms with Crippen LogP contribution >= 0.6 is 0 Å². The number of piperidine rings is 1. The maximum absolute atomic E-state index is 12.1. The van der Waals surface area contributed by atoms with Gasteiger partial charge in [0.15, 0.2) is 0 Å². The van der Waals surface area contributed by atoms with Gasteiger partial charge in [-0.15, -0.1) is 0 Å². The molecule has 0 spiro atoms. The minimum Gasteiger partial charge on any atom is -0.341 e. The van der Waals surface area contributed by atoms with Crippen LogP contribution in [0.15, 0.2) is 0 Å². The van der Waals surface area contributed by atoms with E-state index in [4.69, 9.17) is 5.73 Å². The molecule has 1 amide bonds. The molecule has 1 unspecified atom stereocenters. The number of rotatable bonds is 5. The van der Waals surface area contributed by atoms with Gasteiger partial charge < -0.3 is 10.6 Å². The first-order valence-corrected chi connectivity index (χ1v) is 8.59. The summed E-state index contributed by atoms with van der Waals surface area (Å²) in [5.41, 5.74) is 5.88. The fourth-order valence-electron chi connectivity index (χ4n) is 2.20. The molecule has 1 aliphatic rings. The number of hydrogen-bond donors (Lipinski definition) is 2. The lowest BCUT2D eigenvalue weighted by Crippen LogP contribution is -2.51. The monoisotopic (exact) mass is 291 g/mol. The van der Waals surface area contributed by atoms with Gasteiger partial charge in [0.25, 0.3) is 0 Å². The summed E-state index contributed by atoms with van der Waals surface area (Å²) in [5, 5.41) is 0. The van der Waals surface area contributed by atoms with Gasteiger partial charge in [0, 0.05) is 19.6 Å². The maximum atomic E-state index is 12.1. The Balaban J connectivity index is 2.52. The van der Waals surface area contributed by atoms with Gasteiger partial charge in [-0.05, 0) is 24.7 Å².